The molecule has 0 aromatic carbocycles. The fraction of sp³-hybridized carbons (Fsp3) is 0.300. The van der Waals surface area contributed by atoms with Gasteiger partial charge in [-0.25, -0.2) is 4.79 Å². The van der Waals surface area contributed by atoms with E-state index in [-0.39, 0.29) is 5.56 Å². The first-order valence-corrected chi connectivity index (χ1v) is 4.75. The van der Waals surface area contributed by atoms with Crippen molar-refractivity contribution in [3.8, 4) is 0 Å². The minimum Gasteiger partial charge on any atom is -0.479 e. The number of nitrogens with one attached hydrogen (secondary N) is 2. The lowest BCUT2D eigenvalue weighted by Crippen LogP contribution is -2.47. The molecular weight excluding hydrogens is 228 g/mol. The number of hydrogen-bond acceptors (Lipinski definition) is 4. The first-order chi connectivity index (χ1) is 7.84. The average molecular weight is 240 g/mol. The van der Waals surface area contributed by atoms with Gasteiger partial charge in [-0.1, -0.05) is 0 Å². The fourth-order valence-corrected chi connectivity index (χ4v) is 1.02. The van der Waals surface area contributed by atoms with Crippen LogP contribution in [0.2, 0.25) is 0 Å². The Bertz CT molecular complexity index is 491. The largest absolute Gasteiger partial charge is 0.479 e. The summed E-state index contributed by atoms with van der Waals surface area (Å²) in [6.45, 7) is 0.556. The molecule has 1 aromatic heterocycles. The van der Waals surface area contributed by atoms with Gasteiger partial charge in [0.25, 0.3) is 5.91 Å². The molecule has 0 aliphatic carbocycles. The fourth-order valence-electron chi connectivity index (χ4n) is 1.02. The van der Waals surface area contributed by atoms with E-state index in [1.165, 1.54) is 18.5 Å². The van der Waals surface area contributed by atoms with Gasteiger partial charge in [0.1, 0.15) is 5.56 Å². The molecule has 4 N–H and O–H groups in total. The number of pyridine rings is 1. The number of rotatable bonds is 4. The Morgan fingerprint density at radius 2 is 2.18 bits per heavy atom. The highest BCUT2D eigenvalue weighted by atomic mass is 16.4. The van der Waals surface area contributed by atoms with Gasteiger partial charge in [-0.3, -0.25) is 9.59 Å². The number of carboxylic acids is 1. The van der Waals surface area contributed by atoms with E-state index < -0.39 is 29.5 Å². The lowest BCUT2D eigenvalue weighted by Gasteiger charge is -2.17. The van der Waals surface area contributed by atoms with E-state index in [4.69, 9.17) is 5.11 Å². The maximum absolute atomic E-state index is 11.5. The summed E-state index contributed by atoms with van der Waals surface area (Å²) in [7, 11) is 0. The van der Waals surface area contributed by atoms with Crippen molar-refractivity contribution < 1.29 is 19.8 Å². The molecule has 92 valence electrons. The molecule has 1 rings (SSSR count). The minimum absolute atomic E-state index is 0.145. The van der Waals surface area contributed by atoms with E-state index in [0.717, 1.165) is 6.92 Å². The summed E-state index contributed by atoms with van der Waals surface area (Å²) in [6, 6.07) is 1.17. The number of aliphatic carboxylic acids is 1. The van der Waals surface area contributed by atoms with Crippen LogP contribution in [0, 0.1) is 0 Å². The number of amides is 1. The van der Waals surface area contributed by atoms with Crippen molar-refractivity contribution in [2.24, 2.45) is 0 Å². The summed E-state index contributed by atoms with van der Waals surface area (Å²) in [5.74, 6) is -2.20. The number of aliphatic hydroxyl groups is 1. The molecule has 0 aliphatic heterocycles. The van der Waals surface area contributed by atoms with Gasteiger partial charge in [0.2, 0.25) is 0 Å². The standard InChI is InChI=1S/C10H12N2O5/c1-10(17,9(15)16)5-12-8(14)6-4-11-3-2-7(6)13/h2-4,17H,5H2,1H3,(H,11,13)(H,12,14)(H,15,16). The molecule has 1 atom stereocenters. The molecule has 0 saturated carbocycles. The lowest BCUT2D eigenvalue weighted by atomic mass is 10.1. The quantitative estimate of drug-likeness (QED) is 0.534. The predicted octanol–water partition coefficient (Wildman–Crippen LogP) is -1.06. The topological polar surface area (TPSA) is 119 Å². The first kappa shape index (κ1) is 12.9. The third-order valence-electron chi connectivity index (χ3n) is 2.12. The molecule has 1 heterocycles. The normalized spacial score (nSPS) is 13.8. The van der Waals surface area contributed by atoms with Gasteiger partial charge in [0.05, 0.1) is 6.54 Å². The molecule has 1 amide bonds. The molecule has 1 unspecified atom stereocenters. The van der Waals surface area contributed by atoms with Gasteiger partial charge in [-0.2, -0.15) is 0 Å². The van der Waals surface area contributed by atoms with Crippen LogP contribution in [-0.4, -0.2) is 39.2 Å². The van der Waals surface area contributed by atoms with Gasteiger partial charge in [0.15, 0.2) is 11.0 Å². The third-order valence-corrected chi connectivity index (χ3v) is 2.12. The Hall–Kier alpha value is -2.15. The Labute approximate surface area is 96.1 Å². The van der Waals surface area contributed by atoms with E-state index in [9.17, 15) is 19.5 Å². The molecule has 0 bridgehead atoms. The summed E-state index contributed by atoms with van der Waals surface area (Å²) in [5, 5.41) is 20.1. The van der Waals surface area contributed by atoms with Gasteiger partial charge < -0.3 is 20.5 Å². The van der Waals surface area contributed by atoms with Gasteiger partial charge >= 0.3 is 5.97 Å². The highest BCUT2D eigenvalue weighted by Gasteiger charge is 2.30. The smallest absolute Gasteiger partial charge is 0.337 e. The van der Waals surface area contributed by atoms with E-state index in [0.29, 0.717) is 0 Å². The molecule has 0 fully saturated rings. The van der Waals surface area contributed by atoms with E-state index in [2.05, 4.69) is 10.3 Å². The van der Waals surface area contributed by atoms with Crippen LogP contribution < -0.4 is 10.7 Å². The Morgan fingerprint density at radius 1 is 1.53 bits per heavy atom. The Kier molecular flexibility index (Phi) is 3.64. The zero-order valence-electron chi connectivity index (χ0n) is 9.06. The van der Waals surface area contributed by atoms with Crippen LogP contribution in [0.1, 0.15) is 17.3 Å². The summed E-state index contributed by atoms with van der Waals surface area (Å²) in [5.41, 5.74) is -2.71. The molecular formula is C10H12N2O5. The van der Waals surface area contributed by atoms with Gasteiger partial charge in [0, 0.05) is 18.5 Å². The average Bonchev–Trinajstić information content (AvgIpc) is 2.26. The zero-order chi connectivity index (χ0) is 13.1. The molecule has 7 nitrogen and oxygen atoms in total. The maximum atomic E-state index is 11.5. The van der Waals surface area contributed by atoms with Crippen LogP contribution in [0.3, 0.4) is 0 Å². The highest BCUT2D eigenvalue weighted by Crippen LogP contribution is 2.01. The highest BCUT2D eigenvalue weighted by molar-refractivity contribution is 5.94. The number of carboxylic acid groups (broad SMARTS) is 1. The summed E-state index contributed by atoms with van der Waals surface area (Å²) < 4.78 is 0. The van der Waals surface area contributed by atoms with Crippen molar-refractivity contribution in [2.75, 3.05) is 6.54 Å². The summed E-state index contributed by atoms with van der Waals surface area (Å²) in [6.07, 6.45) is 2.57. The van der Waals surface area contributed by atoms with Crippen LogP contribution in [0.15, 0.2) is 23.3 Å². The molecule has 0 spiro atoms. The van der Waals surface area contributed by atoms with Gasteiger partial charge in [-0.15, -0.1) is 0 Å². The first-order valence-electron chi connectivity index (χ1n) is 4.75. The zero-order valence-corrected chi connectivity index (χ0v) is 9.06. The number of carbonyl (C=O) groups excluding carboxylic acids is 1. The number of aromatic amines is 1. The second-order valence-electron chi connectivity index (χ2n) is 3.68. The van der Waals surface area contributed by atoms with Gasteiger partial charge in [-0.05, 0) is 6.92 Å². The van der Waals surface area contributed by atoms with Crippen LogP contribution in [0.25, 0.3) is 0 Å². The lowest BCUT2D eigenvalue weighted by molar-refractivity contribution is -0.155. The SMILES string of the molecule is CC(O)(CNC(=O)c1c[nH]ccc1=O)C(=O)O. The summed E-state index contributed by atoms with van der Waals surface area (Å²) >= 11 is 0. The monoisotopic (exact) mass is 240 g/mol. The number of carbonyl (C=O) groups is 2. The van der Waals surface area contributed by atoms with Crippen LogP contribution >= 0.6 is 0 Å². The Morgan fingerprint density at radius 3 is 2.71 bits per heavy atom. The molecule has 0 aliphatic rings. The predicted molar refractivity (Wildman–Crippen MR) is 57.7 cm³/mol. The second kappa shape index (κ2) is 4.79. The minimum atomic E-state index is -2.07. The van der Waals surface area contributed by atoms with Crippen LogP contribution in [0.4, 0.5) is 0 Å². The van der Waals surface area contributed by atoms with E-state index in [1.54, 1.807) is 0 Å². The van der Waals surface area contributed by atoms with Crippen molar-refractivity contribution in [1.82, 2.24) is 10.3 Å². The van der Waals surface area contributed by atoms with Crippen LogP contribution in [-0.2, 0) is 4.79 Å². The molecule has 0 saturated heterocycles. The summed E-state index contributed by atoms with van der Waals surface area (Å²) in [4.78, 5) is 35.9. The Balaban J connectivity index is 2.73. The maximum Gasteiger partial charge on any atom is 0.337 e. The number of aromatic nitrogens is 1. The van der Waals surface area contributed by atoms with Crippen molar-refractivity contribution in [2.45, 2.75) is 12.5 Å². The van der Waals surface area contributed by atoms with Crippen molar-refractivity contribution in [3.63, 3.8) is 0 Å². The second-order valence-corrected chi connectivity index (χ2v) is 3.68. The van der Waals surface area contributed by atoms with E-state index >= 15 is 0 Å². The number of H-pyrrole nitrogens is 1. The molecule has 17 heavy (non-hydrogen) atoms. The van der Waals surface area contributed by atoms with E-state index in [1.807, 2.05) is 0 Å². The van der Waals surface area contributed by atoms with Crippen molar-refractivity contribution in [1.29, 1.82) is 0 Å². The van der Waals surface area contributed by atoms with Crippen molar-refractivity contribution in [3.05, 3.63) is 34.2 Å². The molecule has 1 aromatic rings. The number of hydrogen-bond donors (Lipinski definition) is 4. The molecule has 7 heteroatoms. The molecule has 0 radical (unpaired) electrons. The van der Waals surface area contributed by atoms with Crippen LogP contribution in [0.5, 0.6) is 0 Å². The van der Waals surface area contributed by atoms with Crippen molar-refractivity contribution >= 4 is 11.9 Å². The third kappa shape index (κ3) is 3.15.